The Morgan fingerprint density at radius 1 is 0.432 bits per heavy atom. The second kappa shape index (κ2) is 12.8. The van der Waals surface area contributed by atoms with Crippen LogP contribution in [0.2, 0.25) is 0 Å². The third-order valence-corrected chi connectivity index (χ3v) is 8.72. The number of rotatable bonds is 8. The van der Waals surface area contributed by atoms with Gasteiger partial charge in [-0.15, -0.1) is 16.7 Å². The maximum atomic E-state index is 5.36. The number of pyridine rings is 3. The molecule has 3 aromatic heterocycles. The minimum Gasteiger partial charge on any atom is -0.260 e. The molecule has 0 N–H and O–H groups in total. The van der Waals surface area contributed by atoms with Crippen molar-refractivity contribution in [1.29, 1.82) is 0 Å². The van der Waals surface area contributed by atoms with Crippen LogP contribution in [0.4, 0.5) is 0 Å². The van der Waals surface area contributed by atoms with Gasteiger partial charge in [0.05, 0.1) is 33.9 Å². The van der Waals surface area contributed by atoms with E-state index in [0.29, 0.717) is 0 Å². The zero-order chi connectivity index (χ0) is 29.9. The van der Waals surface area contributed by atoms with Crippen molar-refractivity contribution in [2.45, 2.75) is 43.9 Å². The zero-order valence-electron chi connectivity index (χ0n) is 25.4. The first-order valence-corrected chi connectivity index (χ1v) is 14.6. The van der Waals surface area contributed by atoms with Gasteiger partial charge in [-0.3, -0.25) is 15.0 Å². The number of nitrogens with zero attached hydrogens (tertiary/aromatic N) is 3. The molecular weight excluding hydrogens is 715 g/mol. The zero-order valence-corrected chi connectivity index (χ0v) is 27.8. The van der Waals surface area contributed by atoms with Crippen molar-refractivity contribution in [2.24, 2.45) is 0 Å². The minimum atomic E-state index is -0.589. The van der Waals surface area contributed by atoms with Crippen LogP contribution in [0.1, 0.15) is 72.9 Å². The second-order valence-corrected chi connectivity index (χ2v) is 11.7. The van der Waals surface area contributed by atoms with Crippen LogP contribution < -0.4 is 0 Å². The molecule has 6 aromatic rings. The number of hydrogen-bond acceptors (Lipinski definition) is 3. The molecule has 44 heavy (non-hydrogen) atoms. The predicted octanol–water partition coefficient (Wildman–Crippen LogP) is 8.30. The third-order valence-electron chi connectivity index (χ3n) is 8.72. The molecule has 0 aliphatic heterocycles. The van der Waals surface area contributed by atoms with E-state index in [0.717, 1.165) is 45.2 Å². The Morgan fingerprint density at radius 2 is 0.841 bits per heavy atom. The van der Waals surface area contributed by atoms with Gasteiger partial charge in [-0.25, -0.2) is 0 Å². The van der Waals surface area contributed by atoms with Gasteiger partial charge in [0.25, 0.3) is 0 Å². The molecule has 0 aliphatic carbocycles. The van der Waals surface area contributed by atoms with Crippen molar-refractivity contribution in [3.8, 4) is 0 Å². The van der Waals surface area contributed by atoms with Crippen LogP contribution in [0.25, 0.3) is 0 Å². The van der Waals surface area contributed by atoms with Crippen molar-refractivity contribution in [2.75, 3.05) is 0 Å². The van der Waals surface area contributed by atoms with Crippen molar-refractivity contribution in [3.63, 3.8) is 0 Å². The molecule has 1 unspecified atom stereocenters. The molecule has 0 aliphatic rings. The van der Waals surface area contributed by atoms with Crippen LogP contribution >= 0.6 is 0 Å². The molecule has 0 spiro atoms. The fraction of sp³-hybridized carbons (Fsp3) is 0.175. The average Bonchev–Trinajstić information content (AvgIpc) is 3.09. The summed E-state index contributed by atoms with van der Waals surface area (Å²) in [6.45, 7) is 8.77. The first kappa shape index (κ1) is 31.2. The normalized spacial score (nSPS) is 13.0. The third kappa shape index (κ3) is 5.56. The van der Waals surface area contributed by atoms with Crippen LogP contribution in [0.5, 0.6) is 0 Å². The first-order valence-electron chi connectivity index (χ1n) is 14.6. The summed E-state index contributed by atoms with van der Waals surface area (Å²) in [6.07, 6.45) is 1.84. The summed E-state index contributed by atoms with van der Waals surface area (Å²) in [4.78, 5) is 15.5. The molecule has 1 atom stereocenters. The van der Waals surface area contributed by atoms with Gasteiger partial charge in [0.15, 0.2) is 0 Å². The Bertz CT molecular complexity index is 1590. The van der Waals surface area contributed by atoms with Crippen LogP contribution in [0, 0.1) is 18.2 Å². The maximum Gasteiger partial charge on any atom is 3.00 e. The number of hydrogen-bond donors (Lipinski definition) is 0. The molecule has 0 fully saturated rings. The van der Waals surface area contributed by atoms with E-state index in [9.17, 15) is 0 Å². The van der Waals surface area contributed by atoms with E-state index < -0.39 is 16.2 Å². The second-order valence-electron chi connectivity index (χ2n) is 11.7. The SMILES string of the molecule is CC(C)(c1cccc(C(C)(c2[c-]cccc2)c2[c-]cccc2)n1)c1cccc(C(C)(c2[c-]cccc2)c2ccccn2)n1.[Ir+3]. The molecule has 4 heteroatoms. The first-order chi connectivity index (χ1) is 20.8. The fourth-order valence-corrected chi connectivity index (χ4v) is 5.85. The van der Waals surface area contributed by atoms with Crippen molar-refractivity contribution in [1.82, 2.24) is 15.0 Å². The van der Waals surface area contributed by atoms with Gasteiger partial charge in [0.1, 0.15) is 0 Å². The van der Waals surface area contributed by atoms with Crippen molar-refractivity contribution in [3.05, 3.63) is 197 Å². The largest absolute Gasteiger partial charge is 3.00 e. The van der Waals surface area contributed by atoms with Gasteiger partial charge in [0.2, 0.25) is 0 Å². The summed E-state index contributed by atoms with van der Waals surface area (Å²) in [5, 5.41) is 0. The van der Waals surface area contributed by atoms with Crippen molar-refractivity contribution >= 4 is 0 Å². The van der Waals surface area contributed by atoms with E-state index in [1.54, 1.807) is 0 Å². The molecule has 6 rings (SSSR count). The minimum absolute atomic E-state index is 0. The van der Waals surface area contributed by atoms with E-state index in [1.807, 2.05) is 60.8 Å². The van der Waals surface area contributed by atoms with E-state index in [2.05, 4.69) is 119 Å². The molecule has 0 bridgehead atoms. The Kier molecular flexibility index (Phi) is 9.06. The van der Waals surface area contributed by atoms with Gasteiger partial charge in [0, 0.05) is 17.0 Å². The maximum absolute atomic E-state index is 5.36. The van der Waals surface area contributed by atoms with Gasteiger partial charge < -0.3 is 0 Å². The molecule has 218 valence electrons. The van der Waals surface area contributed by atoms with E-state index in [-0.39, 0.29) is 20.1 Å². The summed E-state index contributed by atoms with van der Waals surface area (Å²) >= 11 is 0. The van der Waals surface area contributed by atoms with E-state index >= 15 is 0 Å². The van der Waals surface area contributed by atoms with Crippen LogP contribution in [0.15, 0.2) is 134 Å². The van der Waals surface area contributed by atoms with Gasteiger partial charge >= 0.3 is 20.1 Å². The van der Waals surface area contributed by atoms with Crippen LogP contribution in [0.3, 0.4) is 0 Å². The molecule has 0 amide bonds. The predicted molar refractivity (Wildman–Crippen MR) is 172 cm³/mol. The van der Waals surface area contributed by atoms with E-state index in [4.69, 9.17) is 15.0 Å². The summed E-state index contributed by atoms with van der Waals surface area (Å²) in [6, 6.07) is 53.3. The Labute approximate surface area is 274 Å². The Balaban J connectivity index is 0.00000384. The number of benzene rings is 3. The molecule has 0 radical (unpaired) electrons. The Hall–Kier alpha value is -4.24. The fourth-order valence-electron chi connectivity index (χ4n) is 5.85. The van der Waals surface area contributed by atoms with Gasteiger partial charge in [-0.05, 0) is 64.1 Å². The van der Waals surface area contributed by atoms with E-state index in [1.165, 1.54) is 0 Å². The molecule has 3 nitrogen and oxygen atoms in total. The van der Waals surface area contributed by atoms with Gasteiger partial charge in [-0.2, -0.15) is 91.0 Å². The van der Waals surface area contributed by atoms with Crippen molar-refractivity contribution < 1.29 is 20.1 Å². The summed E-state index contributed by atoms with van der Waals surface area (Å²) < 4.78 is 0. The summed E-state index contributed by atoms with van der Waals surface area (Å²) in [7, 11) is 0. The smallest absolute Gasteiger partial charge is 0.260 e. The summed E-state index contributed by atoms with van der Waals surface area (Å²) in [5.41, 5.74) is 6.16. The number of aromatic nitrogens is 3. The topological polar surface area (TPSA) is 38.7 Å². The molecule has 0 saturated carbocycles. The molecule has 3 aromatic carbocycles. The monoisotopic (exact) mass is 749 g/mol. The molecular formula is C40H34IrN3. The summed E-state index contributed by atoms with van der Waals surface area (Å²) in [5.74, 6) is 0. The quantitative estimate of drug-likeness (QED) is 0.147. The Morgan fingerprint density at radius 3 is 1.27 bits per heavy atom. The van der Waals surface area contributed by atoms with Crippen LogP contribution in [-0.4, -0.2) is 15.0 Å². The van der Waals surface area contributed by atoms with Gasteiger partial charge in [-0.1, -0.05) is 18.2 Å². The molecule has 3 heterocycles. The van der Waals surface area contributed by atoms with Crippen LogP contribution in [-0.2, 0) is 36.4 Å². The standard InChI is InChI=1S/C40H34N3.Ir/c1-38(2,33-25-16-27-36(42-33)39(3,30-18-8-5-9-19-30)31-20-10-6-11-21-31)34-26-17-28-37(43-34)40(4,32-22-12-7-13-23-32)35-24-14-15-29-41-35;/h5-18,20,22,24-29H,1-4H3;/q-3;+3. The molecule has 0 saturated heterocycles. The average molecular weight is 749 g/mol.